The molecule has 0 N–H and O–H groups in total. The zero-order valence-electron chi connectivity index (χ0n) is 16.0. The molecule has 0 aliphatic carbocycles. The van der Waals surface area contributed by atoms with E-state index in [1.807, 2.05) is 12.1 Å². The standard InChI is InChI=1S/C24H18O6/c1-28-17-9-7-15(8-10-17)20-14-22(25)30-21-13-18(11-12-19(20)21)29-23(24(26)27)16-5-3-2-4-6-16/h2-14,23H,1H3,(H,26,27)/p-1/t23-/m1/s1. The number of methoxy groups -OCH3 is 1. The van der Waals surface area contributed by atoms with Gasteiger partial charge in [-0.2, -0.15) is 0 Å². The van der Waals surface area contributed by atoms with Gasteiger partial charge in [-0.15, -0.1) is 0 Å². The van der Waals surface area contributed by atoms with Crippen molar-refractivity contribution in [2.24, 2.45) is 0 Å². The molecule has 30 heavy (non-hydrogen) atoms. The van der Waals surface area contributed by atoms with E-state index in [0.29, 0.717) is 22.3 Å². The van der Waals surface area contributed by atoms with Gasteiger partial charge in [0.15, 0.2) is 6.10 Å². The molecule has 6 nitrogen and oxygen atoms in total. The van der Waals surface area contributed by atoms with Gasteiger partial charge in [-0.05, 0) is 41.0 Å². The summed E-state index contributed by atoms with van der Waals surface area (Å²) in [6.07, 6.45) is -1.29. The minimum absolute atomic E-state index is 0.246. The summed E-state index contributed by atoms with van der Waals surface area (Å²) in [4.78, 5) is 23.7. The molecule has 3 aromatic carbocycles. The fourth-order valence-corrected chi connectivity index (χ4v) is 3.24. The molecule has 0 radical (unpaired) electrons. The zero-order chi connectivity index (χ0) is 21.1. The third-order valence-electron chi connectivity index (χ3n) is 4.69. The van der Waals surface area contributed by atoms with Crippen LogP contribution in [0.15, 0.2) is 88.1 Å². The number of carbonyl (C=O) groups is 1. The number of carbonyl (C=O) groups excluding carboxylic acids is 1. The van der Waals surface area contributed by atoms with Crippen molar-refractivity contribution in [3.8, 4) is 22.6 Å². The van der Waals surface area contributed by atoms with Gasteiger partial charge < -0.3 is 23.8 Å². The van der Waals surface area contributed by atoms with Crippen molar-refractivity contribution in [2.45, 2.75) is 6.10 Å². The maximum Gasteiger partial charge on any atom is 0.336 e. The van der Waals surface area contributed by atoms with E-state index in [4.69, 9.17) is 13.9 Å². The molecule has 0 amide bonds. The van der Waals surface area contributed by atoms with Gasteiger partial charge in [0, 0.05) is 17.5 Å². The molecule has 4 aromatic rings. The molecule has 0 fully saturated rings. The average Bonchev–Trinajstić information content (AvgIpc) is 2.77. The Morgan fingerprint density at radius 3 is 2.30 bits per heavy atom. The Balaban J connectivity index is 1.74. The van der Waals surface area contributed by atoms with E-state index < -0.39 is 17.7 Å². The Bertz CT molecular complexity index is 1240. The van der Waals surface area contributed by atoms with Crippen molar-refractivity contribution in [1.82, 2.24) is 0 Å². The zero-order valence-corrected chi connectivity index (χ0v) is 16.0. The molecule has 0 saturated heterocycles. The fraction of sp³-hybridized carbons (Fsp3) is 0.0833. The van der Waals surface area contributed by atoms with Crippen LogP contribution in [-0.4, -0.2) is 13.1 Å². The van der Waals surface area contributed by atoms with Gasteiger partial charge in [0.1, 0.15) is 17.1 Å². The molecule has 0 bridgehead atoms. The smallest absolute Gasteiger partial charge is 0.336 e. The summed E-state index contributed by atoms with van der Waals surface area (Å²) in [5.41, 5.74) is 1.72. The number of aliphatic carboxylic acids is 1. The summed E-state index contributed by atoms with van der Waals surface area (Å²) in [6, 6.07) is 22.1. The number of hydrogen-bond donors (Lipinski definition) is 0. The highest BCUT2D eigenvalue weighted by atomic mass is 16.5. The Morgan fingerprint density at radius 2 is 1.63 bits per heavy atom. The minimum atomic E-state index is -1.37. The van der Waals surface area contributed by atoms with Crippen LogP contribution in [-0.2, 0) is 4.79 Å². The number of hydrogen-bond acceptors (Lipinski definition) is 6. The molecule has 1 aromatic heterocycles. The predicted molar refractivity (Wildman–Crippen MR) is 109 cm³/mol. The number of fused-ring (bicyclic) bond motifs is 1. The summed E-state index contributed by atoms with van der Waals surface area (Å²) in [5.74, 6) is -0.416. The maximum absolute atomic E-state index is 12.1. The highest BCUT2D eigenvalue weighted by Gasteiger charge is 2.16. The van der Waals surface area contributed by atoms with Gasteiger partial charge in [-0.3, -0.25) is 0 Å². The lowest BCUT2D eigenvalue weighted by Gasteiger charge is -2.20. The van der Waals surface area contributed by atoms with Gasteiger partial charge in [0.25, 0.3) is 0 Å². The van der Waals surface area contributed by atoms with Crippen LogP contribution in [0, 0.1) is 0 Å². The molecular weight excluding hydrogens is 384 g/mol. The summed E-state index contributed by atoms with van der Waals surface area (Å²) >= 11 is 0. The molecule has 6 heteroatoms. The Hall–Kier alpha value is -4.06. The molecule has 0 aliphatic rings. The van der Waals surface area contributed by atoms with E-state index in [1.54, 1.807) is 61.7 Å². The van der Waals surface area contributed by atoms with E-state index in [0.717, 1.165) is 5.56 Å². The highest BCUT2D eigenvalue weighted by molar-refractivity contribution is 5.93. The van der Waals surface area contributed by atoms with E-state index in [2.05, 4.69) is 0 Å². The van der Waals surface area contributed by atoms with E-state index >= 15 is 0 Å². The van der Waals surface area contributed by atoms with Crippen molar-refractivity contribution in [3.63, 3.8) is 0 Å². The molecule has 4 rings (SSSR count). The second-order valence-corrected chi connectivity index (χ2v) is 6.59. The summed E-state index contributed by atoms with van der Waals surface area (Å²) in [6.45, 7) is 0. The summed E-state index contributed by atoms with van der Waals surface area (Å²) < 4.78 is 16.2. The Kier molecular flexibility index (Phi) is 5.22. The second kappa shape index (κ2) is 8.13. The van der Waals surface area contributed by atoms with Gasteiger partial charge in [-0.25, -0.2) is 4.79 Å². The third-order valence-corrected chi connectivity index (χ3v) is 4.69. The molecule has 0 aliphatic heterocycles. The van der Waals surface area contributed by atoms with Crippen LogP contribution in [0.1, 0.15) is 11.7 Å². The Labute approximate surface area is 171 Å². The van der Waals surface area contributed by atoms with E-state index in [-0.39, 0.29) is 11.3 Å². The molecule has 0 unspecified atom stereocenters. The highest BCUT2D eigenvalue weighted by Crippen LogP contribution is 2.32. The molecular formula is C24H17O6-. The first-order valence-electron chi connectivity index (χ1n) is 9.20. The molecule has 0 saturated carbocycles. The van der Waals surface area contributed by atoms with Crippen LogP contribution in [0.4, 0.5) is 0 Å². The van der Waals surface area contributed by atoms with Crippen LogP contribution in [0.25, 0.3) is 22.1 Å². The van der Waals surface area contributed by atoms with Gasteiger partial charge in [0.2, 0.25) is 0 Å². The maximum atomic E-state index is 12.1. The lowest BCUT2D eigenvalue weighted by atomic mass is 10.0. The normalized spacial score (nSPS) is 11.8. The first-order valence-corrected chi connectivity index (χ1v) is 9.20. The fourth-order valence-electron chi connectivity index (χ4n) is 3.24. The number of ether oxygens (including phenoxy) is 2. The quantitative estimate of drug-likeness (QED) is 0.461. The van der Waals surface area contributed by atoms with Crippen LogP contribution in [0.3, 0.4) is 0 Å². The second-order valence-electron chi connectivity index (χ2n) is 6.59. The molecule has 0 spiro atoms. The number of carboxylic acid groups (broad SMARTS) is 1. The topological polar surface area (TPSA) is 88.8 Å². The lowest BCUT2D eigenvalue weighted by Crippen LogP contribution is -2.33. The van der Waals surface area contributed by atoms with Crippen molar-refractivity contribution >= 4 is 16.9 Å². The SMILES string of the molecule is COc1ccc(-c2cc(=O)oc3cc(O[C@@H](C(=O)[O-])c4ccccc4)ccc23)cc1. The lowest BCUT2D eigenvalue weighted by molar-refractivity contribution is -0.314. The van der Waals surface area contributed by atoms with Crippen molar-refractivity contribution < 1.29 is 23.8 Å². The Morgan fingerprint density at radius 1 is 0.933 bits per heavy atom. The molecule has 150 valence electrons. The molecule has 1 atom stereocenters. The number of rotatable bonds is 6. The first kappa shape index (κ1) is 19.3. The predicted octanol–water partition coefficient (Wildman–Crippen LogP) is 3.34. The van der Waals surface area contributed by atoms with Gasteiger partial charge in [-0.1, -0.05) is 42.5 Å². The van der Waals surface area contributed by atoms with Crippen molar-refractivity contribution in [1.29, 1.82) is 0 Å². The van der Waals surface area contributed by atoms with E-state index in [1.165, 1.54) is 12.1 Å². The van der Waals surface area contributed by atoms with Crippen molar-refractivity contribution in [2.75, 3.05) is 7.11 Å². The van der Waals surface area contributed by atoms with E-state index in [9.17, 15) is 14.7 Å². The average molecular weight is 401 g/mol. The number of carboxylic acids is 1. The van der Waals surface area contributed by atoms with Crippen LogP contribution in [0.2, 0.25) is 0 Å². The minimum Gasteiger partial charge on any atom is -0.546 e. The summed E-state index contributed by atoms with van der Waals surface area (Å²) in [5, 5.41) is 12.3. The van der Waals surface area contributed by atoms with Crippen LogP contribution < -0.4 is 20.2 Å². The summed E-state index contributed by atoms with van der Waals surface area (Å²) in [7, 11) is 1.58. The number of benzene rings is 3. The monoisotopic (exact) mass is 401 g/mol. The van der Waals surface area contributed by atoms with Crippen LogP contribution >= 0.6 is 0 Å². The van der Waals surface area contributed by atoms with Gasteiger partial charge in [0.05, 0.1) is 13.1 Å². The molecule has 1 heterocycles. The van der Waals surface area contributed by atoms with Gasteiger partial charge >= 0.3 is 5.63 Å². The third kappa shape index (κ3) is 3.89. The first-order chi connectivity index (χ1) is 14.5. The van der Waals surface area contributed by atoms with Crippen LogP contribution in [0.5, 0.6) is 11.5 Å². The largest absolute Gasteiger partial charge is 0.546 e. The van der Waals surface area contributed by atoms with Crippen molar-refractivity contribution in [3.05, 3.63) is 94.8 Å².